The minimum atomic E-state index is 0.299. The molecule has 6 heteroatoms. The molecule has 92 valence electrons. The van der Waals surface area contributed by atoms with Crippen molar-refractivity contribution < 1.29 is 0 Å². The maximum absolute atomic E-state index is 5.72. The largest absolute Gasteiger partial charge is 0.325 e. The Bertz CT molecular complexity index is 498. The minimum Gasteiger partial charge on any atom is -0.325 e. The average Bonchev–Trinajstić information content (AvgIpc) is 2.93. The van der Waals surface area contributed by atoms with E-state index in [0.29, 0.717) is 12.6 Å². The van der Waals surface area contributed by atoms with E-state index < -0.39 is 0 Å². The Labute approximate surface area is 100 Å². The van der Waals surface area contributed by atoms with E-state index in [1.54, 1.807) is 6.20 Å². The normalized spacial score (nSPS) is 12.9. The van der Waals surface area contributed by atoms with Crippen LogP contribution in [0, 0.1) is 0 Å². The molecule has 0 aliphatic heterocycles. The molecular weight excluding hydrogens is 216 g/mol. The minimum absolute atomic E-state index is 0.299. The van der Waals surface area contributed by atoms with Crippen molar-refractivity contribution in [2.75, 3.05) is 0 Å². The lowest BCUT2D eigenvalue weighted by molar-refractivity contribution is 0.467. The summed E-state index contributed by atoms with van der Waals surface area (Å²) in [6, 6.07) is 2.25. The van der Waals surface area contributed by atoms with Gasteiger partial charge in [0.2, 0.25) is 0 Å². The van der Waals surface area contributed by atoms with E-state index in [0.717, 1.165) is 23.5 Å². The molecule has 1 unspecified atom stereocenters. The number of nitrogens with two attached hydrogens (primary N) is 1. The van der Waals surface area contributed by atoms with Crippen molar-refractivity contribution in [2.45, 2.75) is 32.9 Å². The molecule has 2 aromatic rings. The summed E-state index contributed by atoms with van der Waals surface area (Å²) in [7, 11) is 1.91. The maximum Gasteiger partial charge on any atom is 0.111 e. The van der Waals surface area contributed by atoms with Crippen LogP contribution < -0.4 is 5.73 Å². The van der Waals surface area contributed by atoms with Crippen LogP contribution in [0.25, 0.3) is 11.4 Å². The van der Waals surface area contributed by atoms with E-state index >= 15 is 0 Å². The number of hydrogen-bond donors (Lipinski definition) is 1. The molecular formula is C11H18N6. The molecule has 1 atom stereocenters. The molecule has 2 heterocycles. The lowest BCUT2D eigenvalue weighted by Gasteiger charge is -2.13. The highest BCUT2D eigenvalue weighted by Crippen LogP contribution is 2.25. The van der Waals surface area contributed by atoms with Crippen molar-refractivity contribution in [3.63, 3.8) is 0 Å². The second-order valence-corrected chi connectivity index (χ2v) is 4.13. The summed E-state index contributed by atoms with van der Waals surface area (Å²) in [4.78, 5) is 0. The van der Waals surface area contributed by atoms with Gasteiger partial charge >= 0.3 is 0 Å². The van der Waals surface area contributed by atoms with Gasteiger partial charge in [0, 0.05) is 19.8 Å². The average molecular weight is 234 g/mol. The molecule has 0 radical (unpaired) electrons. The van der Waals surface area contributed by atoms with Gasteiger partial charge in [-0.3, -0.25) is 4.68 Å². The third kappa shape index (κ3) is 1.95. The van der Waals surface area contributed by atoms with Gasteiger partial charge in [0.25, 0.3) is 0 Å². The van der Waals surface area contributed by atoms with Crippen LogP contribution >= 0.6 is 0 Å². The Morgan fingerprint density at radius 1 is 1.47 bits per heavy atom. The van der Waals surface area contributed by atoms with Gasteiger partial charge in [0.05, 0.1) is 11.7 Å². The first-order valence-electron chi connectivity index (χ1n) is 5.81. The molecule has 0 aromatic carbocycles. The Balaban J connectivity index is 2.57. The molecule has 0 amide bonds. The van der Waals surface area contributed by atoms with E-state index in [2.05, 4.69) is 29.3 Å². The van der Waals surface area contributed by atoms with Gasteiger partial charge in [-0.15, -0.1) is 5.10 Å². The second kappa shape index (κ2) is 4.67. The Kier molecular flexibility index (Phi) is 3.23. The van der Waals surface area contributed by atoms with Crippen LogP contribution in [-0.2, 0) is 13.6 Å². The third-order valence-electron chi connectivity index (χ3n) is 3.03. The van der Waals surface area contributed by atoms with Crippen molar-refractivity contribution in [2.24, 2.45) is 12.8 Å². The predicted molar refractivity (Wildman–Crippen MR) is 65.1 cm³/mol. The fourth-order valence-electron chi connectivity index (χ4n) is 1.82. The lowest BCUT2D eigenvalue weighted by atomic mass is 10.2. The van der Waals surface area contributed by atoms with Gasteiger partial charge in [-0.05, 0) is 19.4 Å². The van der Waals surface area contributed by atoms with Crippen LogP contribution in [0.1, 0.15) is 32.0 Å². The SMILES string of the molecule is CCC(C)n1nnc(CN)c1-c1ccnn1C. The summed E-state index contributed by atoms with van der Waals surface area (Å²) in [6.45, 7) is 4.63. The molecule has 0 saturated carbocycles. The van der Waals surface area contributed by atoms with Crippen LogP contribution in [-0.4, -0.2) is 24.8 Å². The first kappa shape index (κ1) is 11.8. The van der Waals surface area contributed by atoms with Crippen LogP contribution in [0.5, 0.6) is 0 Å². The summed E-state index contributed by atoms with van der Waals surface area (Å²) in [6.07, 6.45) is 2.77. The number of nitrogens with zero attached hydrogens (tertiary/aromatic N) is 5. The van der Waals surface area contributed by atoms with Crippen molar-refractivity contribution in [1.29, 1.82) is 0 Å². The van der Waals surface area contributed by atoms with E-state index in [1.165, 1.54) is 0 Å². The lowest BCUT2D eigenvalue weighted by Crippen LogP contribution is -2.10. The molecule has 17 heavy (non-hydrogen) atoms. The van der Waals surface area contributed by atoms with E-state index in [9.17, 15) is 0 Å². The zero-order chi connectivity index (χ0) is 12.4. The fraction of sp³-hybridized carbons (Fsp3) is 0.545. The standard InChI is InChI=1S/C11H18N6/c1-4-8(2)17-11(9(7-12)14-15-17)10-5-6-13-16(10)3/h5-6,8H,4,7,12H2,1-3H3. The highest BCUT2D eigenvalue weighted by Gasteiger charge is 2.19. The summed E-state index contributed by atoms with van der Waals surface area (Å²) >= 11 is 0. The molecule has 0 spiro atoms. The van der Waals surface area contributed by atoms with Gasteiger partial charge in [0.1, 0.15) is 11.4 Å². The summed E-state index contributed by atoms with van der Waals surface area (Å²) in [5.41, 5.74) is 8.50. The molecule has 2 rings (SSSR count). The maximum atomic E-state index is 5.72. The van der Waals surface area contributed by atoms with Gasteiger partial charge in [0.15, 0.2) is 0 Å². The van der Waals surface area contributed by atoms with Crippen molar-refractivity contribution in [3.05, 3.63) is 18.0 Å². The highest BCUT2D eigenvalue weighted by molar-refractivity contribution is 5.57. The fourth-order valence-corrected chi connectivity index (χ4v) is 1.82. The number of aromatic nitrogens is 5. The second-order valence-electron chi connectivity index (χ2n) is 4.13. The first-order valence-corrected chi connectivity index (χ1v) is 5.81. The molecule has 6 nitrogen and oxygen atoms in total. The molecule has 0 bridgehead atoms. The number of hydrogen-bond acceptors (Lipinski definition) is 4. The van der Waals surface area contributed by atoms with Crippen molar-refractivity contribution >= 4 is 0 Å². The van der Waals surface area contributed by atoms with Gasteiger partial charge in [-0.1, -0.05) is 12.1 Å². The molecule has 0 fully saturated rings. The van der Waals surface area contributed by atoms with Crippen LogP contribution in [0.2, 0.25) is 0 Å². The molecule has 0 aliphatic carbocycles. The molecule has 0 aliphatic rings. The zero-order valence-electron chi connectivity index (χ0n) is 10.5. The molecule has 0 saturated heterocycles. The van der Waals surface area contributed by atoms with Crippen molar-refractivity contribution in [1.82, 2.24) is 24.8 Å². The topological polar surface area (TPSA) is 74.6 Å². The van der Waals surface area contributed by atoms with E-state index in [-0.39, 0.29) is 0 Å². The Hall–Kier alpha value is -1.69. The zero-order valence-corrected chi connectivity index (χ0v) is 10.5. The summed E-state index contributed by atoms with van der Waals surface area (Å²) in [5.74, 6) is 0. The van der Waals surface area contributed by atoms with Gasteiger partial charge in [-0.2, -0.15) is 5.10 Å². The predicted octanol–water partition coefficient (Wildman–Crippen LogP) is 1.11. The smallest absolute Gasteiger partial charge is 0.111 e. The first-order chi connectivity index (χ1) is 8.19. The van der Waals surface area contributed by atoms with E-state index in [4.69, 9.17) is 5.73 Å². The summed E-state index contributed by atoms with van der Waals surface area (Å²) < 4.78 is 3.75. The Morgan fingerprint density at radius 3 is 2.76 bits per heavy atom. The number of aryl methyl sites for hydroxylation is 1. The monoisotopic (exact) mass is 234 g/mol. The van der Waals surface area contributed by atoms with E-state index in [1.807, 2.05) is 22.5 Å². The Morgan fingerprint density at radius 2 is 2.24 bits per heavy atom. The summed E-state index contributed by atoms with van der Waals surface area (Å²) in [5, 5.41) is 12.5. The van der Waals surface area contributed by atoms with Crippen LogP contribution in [0.15, 0.2) is 12.3 Å². The molecule has 2 N–H and O–H groups in total. The third-order valence-corrected chi connectivity index (χ3v) is 3.03. The highest BCUT2D eigenvalue weighted by atomic mass is 15.5. The van der Waals surface area contributed by atoms with Crippen LogP contribution in [0.3, 0.4) is 0 Å². The molecule has 2 aromatic heterocycles. The van der Waals surface area contributed by atoms with Crippen molar-refractivity contribution in [3.8, 4) is 11.4 Å². The number of rotatable bonds is 4. The van der Waals surface area contributed by atoms with Gasteiger partial charge in [-0.25, -0.2) is 4.68 Å². The van der Waals surface area contributed by atoms with Gasteiger partial charge < -0.3 is 5.73 Å². The quantitative estimate of drug-likeness (QED) is 0.859. The van der Waals surface area contributed by atoms with Crippen LogP contribution in [0.4, 0.5) is 0 Å².